The van der Waals surface area contributed by atoms with Gasteiger partial charge in [0, 0.05) is 37.7 Å². The number of carbonyl (C=O) groups is 1. The first kappa shape index (κ1) is 15.3. The van der Waals surface area contributed by atoms with Crippen LogP contribution in [0.15, 0.2) is 18.3 Å². The number of pyridine rings is 1. The van der Waals surface area contributed by atoms with E-state index >= 15 is 0 Å². The molecule has 1 N–H and O–H groups in total. The molecule has 5 heteroatoms. The van der Waals surface area contributed by atoms with Crippen molar-refractivity contribution in [1.29, 1.82) is 0 Å². The van der Waals surface area contributed by atoms with Gasteiger partial charge < -0.3 is 15.0 Å². The molecule has 0 aliphatic rings. The van der Waals surface area contributed by atoms with Crippen molar-refractivity contribution in [2.24, 2.45) is 0 Å². The maximum atomic E-state index is 11.5. The maximum absolute atomic E-state index is 11.5. The standard InChI is InChI=1S/C14H23N3O2/c1-11-10-12(6-7-15-11)17(5)9-8-16-13(18)19-14(2,3)4/h6-7,10H,8-9H2,1-5H3,(H,16,18). The Labute approximate surface area is 115 Å². The second kappa shape index (κ2) is 6.41. The smallest absolute Gasteiger partial charge is 0.407 e. The molecule has 0 aliphatic heterocycles. The molecule has 1 amide bonds. The molecule has 0 unspecified atom stereocenters. The number of nitrogens with zero attached hydrogens (tertiary/aromatic N) is 2. The summed E-state index contributed by atoms with van der Waals surface area (Å²) in [5, 5.41) is 2.74. The number of hydrogen-bond acceptors (Lipinski definition) is 4. The zero-order valence-corrected chi connectivity index (χ0v) is 12.4. The summed E-state index contributed by atoms with van der Waals surface area (Å²) in [4.78, 5) is 17.7. The second-order valence-corrected chi connectivity index (χ2v) is 5.51. The van der Waals surface area contributed by atoms with Gasteiger partial charge in [0.15, 0.2) is 0 Å². The number of anilines is 1. The first-order valence-corrected chi connectivity index (χ1v) is 6.38. The van der Waals surface area contributed by atoms with E-state index in [0.29, 0.717) is 13.1 Å². The minimum atomic E-state index is -0.460. The third kappa shape index (κ3) is 6.08. The van der Waals surface area contributed by atoms with Crippen LogP contribution in [0.5, 0.6) is 0 Å². The molecule has 106 valence electrons. The Morgan fingerprint density at radius 2 is 2.16 bits per heavy atom. The molecule has 1 rings (SSSR count). The van der Waals surface area contributed by atoms with Crippen LogP contribution >= 0.6 is 0 Å². The van der Waals surface area contributed by atoms with Gasteiger partial charge in [0.2, 0.25) is 0 Å². The summed E-state index contributed by atoms with van der Waals surface area (Å²) in [5.74, 6) is 0. The summed E-state index contributed by atoms with van der Waals surface area (Å²) in [7, 11) is 1.98. The Morgan fingerprint density at radius 3 is 2.74 bits per heavy atom. The van der Waals surface area contributed by atoms with Crippen LogP contribution in [0.1, 0.15) is 26.5 Å². The van der Waals surface area contributed by atoms with Crippen LogP contribution in [-0.2, 0) is 4.74 Å². The Kier molecular flexibility index (Phi) is 5.15. The van der Waals surface area contributed by atoms with Crippen molar-refractivity contribution in [2.45, 2.75) is 33.3 Å². The Hall–Kier alpha value is -1.78. The number of aryl methyl sites for hydroxylation is 1. The van der Waals surface area contributed by atoms with E-state index in [4.69, 9.17) is 4.74 Å². The van der Waals surface area contributed by atoms with Crippen molar-refractivity contribution < 1.29 is 9.53 Å². The molecule has 5 nitrogen and oxygen atoms in total. The molecule has 0 aliphatic carbocycles. The molecule has 0 atom stereocenters. The fourth-order valence-electron chi connectivity index (χ4n) is 1.54. The molecule has 1 aromatic heterocycles. The molecule has 0 spiro atoms. The third-order valence-electron chi connectivity index (χ3n) is 2.44. The highest BCUT2D eigenvalue weighted by atomic mass is 16.6. The highest BCUT2D eigenvalue weighted by Gasteiger charge is 2.15. The van der Waals surface area contributed by atoms with E-state index in [1.54, 1.807) is 6.20 Å². The van der Waals surface area contributed by atoms with E-state index in [0.717, 1.165) is 11.4 Å². The van der Waals surface area contributed by atoms with Crippen LogP contribution < -0.4 is 10.2 Å². The number of rotatable bonds is 4. The summed E-state index contributed by atoms with van der Waals surface area (Å²) < 4.78 is 5.17. The SMILES string of the molecule is Cc1cc(N(C)CCNC(=O)OC(C)(C)C)ccn1. The number of hydrogen-bond donors (Lipinski definition) is 1. The van der Waals surface area contributed by atoms with Gasteiger partial charge in [-0.3, -0.25) is 4.98 Å². The molecule has 0 bridgehead atoms. The topological polar surface area (TPSA) is 54.5 Å². The fourth-order valence-corrected chi connectivity index (χ4v) is 1.54. The quantitative estimate of drug-likeness (QED) is 0.908. The zero-order valence-electron chi connectivity index (χ0n) is 12.4. The van der Waals surface area contributed by atoms with Gasteiger partial charge in [0.1, 0.15) is 5.60 Å². The lowest BCUT2D eigenvalue weighted by Crippen LogP contribution is -2.37. The van der Waals surface area contributed by atoms with Gasteiger partial charge in [-0.15, -0.1) is 0 Å². The number of likely N-dealkylation sites (N-methyl/N-ethyl adjacent to an activating group) is 1. The van der Waals surface area contributed by atoms with Gasteiger partial charge in [-0.25, -0.2) is 4.79 Å². The van der Waals surface area contributed by atoms with Gasteiger partial charge in [-0.1, -0.05) is 0 Å². The molecule has 0 aromatic carbocycles. The number of carbonyl (C=O) groups excluding carboxylic acids is 1. The van der Waals surface area contributed by atoms with E-state index < -0.39 is 5.60 Å². The first-order valence-electron chi connectivity index (χ1n) is 6.38. The van der Waals surface area contributed by atoms with Crippen LogP contribution in [-0.4, -0.2) is 36.8 Å². The molecule has 0 saturated carbocycles. The number of amides is 1. The average molecular weight is 265 g/mol. The van der Waals surface area contributed by atoms with Gasteiger partial charge in [-0.05, 0) is 39.8 Å². The average Bonchev–Trinajstić information content (AvgIpc) is 2.26. The van der Waals surface area contributed by atoms with E-state index in [-0.39, 0.29) is 6.09 Å². The van der Waals surface area contributed by atoms with Crippen molar-refractivity contribution in [3.63, 3.8) is 0 Å². The molecule has 1 aromatic rings. The van der Waals surface area contributed by atoms with Crippen LogP contribution in [0.2, 0.25) is 0 Å². The lowest BCUT2D eigenvalue weighted by atomic mass is 10.2. The predicted octanol–water partition coefficient (Wildman–Crippen LogP) is 2.35. The van der Waals surface area contributed by atoms with Crippen LogP contribution in [0, 0.1) is 6.92 Å². The number of ether oxygens (including phenoxy) is 1. The number of nitrogens with one attached hydrogen (secondary N) is 1. The summed E-state index contributed by atoms with van der Waals surface area (Å²) in [6, 6.07) is 3.95. The fraction of sp³-hybridized carbons (Fsp3) is 0.571. The minimum absolute atomic E-state index is 0.383. The summed E-state index contributed by atoms with van der Waals surface area (Å²) in [6.07, 6.45) is 1.40. The first-order chi connectivity index (χ1) is 8.78. The highest BCUT2D eigenvalue weighted by molar-refractivity contribution is 5.67. The van der Waals surface area contributed by atoms with Crippen molar-refractivity contribution in [2.75, 3.05) is 25.0 Å². The van der Waals surface area contributed by atoms with Crippen molar-refractivity contribution in [1.82, 2.24) is 10.3 Å². The third-order valence-corrected chi connectivity index (χ3v) is 2.44. The van der Waals surface area contributed by atoms with E-state index in [2.05, 4.69) is 15.2 Å². The molecule has 19 heavy (non-hydrogen) atoms. The van der Waals surface area contributed by atoms with Crippen molar-refractivity contribution in [3.05, 3.63) is 24.0 Å². The lowest BCUT2D eigenvalue weighted by Gasteiger charge is -2.22. The monoisotopic (exact) mass is 265 g/mol. The van der Waals surface area contributed by atoms with Crippen LogP contribution in [0.3, 0.4) is 0 Å². The normalized spacial score (nSPS) is 11.0. The van der Waals surface area contributed by atoms with Crippen LogP contribution in [0.4, 0.5) is 10.5 Å². The van der Waals surface area contributed by atoms with Crippen molar-refractivity contribution in [3.8, 4) is 0 Å². The second-order valence-electron chi connectivity index (χ2n) is 5.51. The van der Waals surface area contributed by atoms with Gasteiger partial charge in [-0.2, -0.15) is 0 Å². The maximum Gasteiger partial charge on any atom is 0.407 e. The summed E-state index contributed by atoms with van der Waals surface area (Å²) in [6.45, 7) is 8.74. The van der Waals surface area contributed by atoms with E-state index in [1.807, 2.05) is 46.9 Å². The van der Waals surface area contributed by atoms with Gasteiger partial charge in [0.25, 0.3) is 0 Å². The Bertz CT molecular complexity index is 427. The molecule has 1 heterocycles. The molecular weight excluding hydrogens is 242 g/mol. The highest BCUT2D eigenvalue weighted by Crippen LogP contribution is 2.11. The largest absolute Gasteiger partial charge is 0.444 e. The molecule has 0 saturated heterocycles. The molecule has 0 fully saturated rings. The van der Waals surface area contributed by atoms with Gasteiger partial charge >= 0.3 is 6.09 Å². The Balaban J connectivity index is 2.35. The number of aromatic nitrogens is 1. The predicted molar refractivity (Wildman–Crippen MR) is 76.5 cm³/mol. The number of alkyl carbamates (subject to hydrolysis) is 1. The molecular formula is C14H23N3O2. The lowest BCUT2D eigenvalue weighted by molar-refractivity contribution is 0.0529. The van der Waals surface area contributed by atoms with Gasteiger partial charge in [0.05, 0.1) is 0 Å². The minimum Gasteiger partial charge on any atom is -0.444 e. The van der Waals surface area contributed by atoms with Crippen molar-refractivity contribution >= 4 is 11.8 Å². The zero-order chi connectivity index (χ0) is 14.5. The van der Waals surface area contributed by atoms with E-state index in [1.165, 1.54) is 0 Å². The molecule has 0 radical (unpaired) electrons. The summed E-state index contributed by atoms with van der Waals surface area (Å²) >= 11 is 0. The van der Waals surface area contributed by atoms with E-state index in [9.17, 15) is 4.79 Å². The summed E-state index contributed by atoms with van der Waals surface area (Å²) in [5.41, 5.74) is 1.60. The van der Waals surface area contributed by atoms with Crippen LogP contribution in [0.25, 0.3) is 0 Å². The Morgan fingerprint density at radius 1 is 1.47 bits per heavy atom.